The lowest BCUT2D eigenvalue weighted by molar-refractivity contribution is -0.204. The van der Waals surface area contributed by atoms with Crippen molar-refractivity contribution in [3.63, 3.8) is 0 Å². The summed E-state index contributed by atoms with van der Waals surface area (Å²) in [5.41, 5.74) is -9.84. The Morgan fingerprint density at radius 3 is 0.862 bits per heavy atom. The van der Waals surface area contributed by atoms with Gasteiger partial charge < -0.3 is 9.47 Å². The van der Waals surface area contributed by atoms with Gasteiger partial charge in [0.05, 0.1) is 116 Å². The van der Waals surface area contributed by atoms with Crippen molar-refractivity contribution < 1.29 is 89.3 Å². The number of hydrogen-bond donors (Lipinski definition) is 0. The molecule has 2 aliphatic carbocycles. The van der Waals surface area contributed by atoms with Crippen LogP contribution >= 0.6 is 203 Å². The molecule has 0 N–H and O–H groups in total. The fourth-order valence-corrected chi connectivity index (χ4v) is 21.3. The van der Waals surface area contributed by atoms with E-state index in [0.717, 1.165) is 62.1 Å². The summed E-state index contributed by atoms with van der Waals surface area (Å²) in [6.45, 7) is 9.45. The normalized spacial score (nSPS) is 24.7. The minimum Gasteiger partial charge on any atom is -0.462 e. The molecule has 2 saturated carbocycles. The van der Waals surface area contributed by atoms with Gasteiger partial charge in [-0.25, -0.2) is 17.6 Å². The van der Waals surface area contributed by atoms with Gasteiger partial charge in [0.15, 0.2) is 0 Å². The summed E-state index contributed by atoms with van der Waals surface area (Å²) in [7, 11) is 0. The number of nitrogens with zero attached hydrogens (tertiary/aromatic N) is 4. The number of benzene rings is 8. The van der Waals surface area contributed by atoms with Gasteiger partial charge in [-0.3, -0.25) is 29.6 Å². The highest BCUT2D eigenvalue weighted by molar-refractivity contribution is 9.11. The standard InChI is InChI=1S/2C28H27BrCl3F4NO2.2C17H9BrCl3F4N/c2*1-13(2)17-6-4-14(3)8-22(17)39-26(38)23-25(15-5-7-21(33)18(29)9-15)37-12-27(23,28(34,35)36)16-10-19(30)24(32)20(31)11-16;2*18-10-3-8(1-2-13(10)22)14-6-16(7-26-14,17(23,24)25)9-4-11(19)15(21)12(20)5-9/h2*5,7,9-11,13-14,17,22-23H,4,6,8,12H2,1-3H3;2*1-5H,6-7H2/t14-,17+,22-,23+,27+;14-,17+,22-,23-,27-;2*16-/m1110/s1. The topological polar surface area (TPSA) is 102 Å². The van der Waals surface area contributed by atoms with E-state index in [9.17, 15) is 53.5 Å². The third-order valence-corrected chi connectivity index (χ3v) is 31.8. The minimum atomic E-state index is -4.98. The number of hydrogen-bond acceptors (Lipinski definition) is 8. The van der Waals surface area contributed by atoms with Crippen molar-refractivity contribution in [3.05, 3.63) is 267 Å². The largest absolute Gasteiger partial charge is 0.462 e. The molecule has 0 saturated heterocycles. The Morgan fingerprint density at radius 2 is 0.615 bits per heavy atom. The van der Waals surface area contributed by atoms with Gasteiger partial charge in [0.25, 0.3) is 0 Å². The molecule has 8 nitrogen and oxygen atoms in total. The van der Waals surface area contributed by atoms with Crippen LogP contribution in [-0.4, -0.2) is 97.9 Å². The molecule has 0 spiro atoms. The maximum absolute atomic E-state index is 15.3. The Hall–Kier alpha value is -4.34. The lowest BCUT2D eigenvalue weighted by Gasteiger charge is -2.40. The van der Waals surface area contributed by atoms with E-state index in [4.69, 9.17) is 149 Å². The molecule has 8 aromatic rings. The first kappa shape index (κ1) is 106. The zero-order chi connectivity index (χ0) is 96.3. The number of carbonyl (C=O) groups excluding carboxylic acids is 2. The van der Waals surface area contributed by atoms with Gasteiger partial charge in [-0.1, -0.05) is 218 Å². The van der Waals surface area contributed by atoms with E-state index in [-0.39, 0.29) is 170 Å². The third-order valence-electron chi connectivity index (χ3n) is 24.6. The number of alkyl halides is 12. The predicted molar refractivity (Wildman–Crippen MR) is 497 cm³/mol. The average Bonchev–Trinajstić information content (AvgIpc) is 1.54. The van der Waals surface area contributed by atoms with Gasteiger partial charge in [-0.2, -0.15) is 52.7 Å². The second-order valence-electron chi connectivity index (χ2n) is 33.4. The smallest absolute Gasteiger partial charge is 0.401 e. The van der Waals surface area contributed by atoms with Gasteiger partial charge in [0.2, 0.25) is 0 Å². The highest BCUT2D eigenvalue weighted by Crippen LogP contribution is 2.59. The second kappa shape index (κ2) is 41.8. The SMILES string of the molecule is CC(C)[C@@H]1CC[C@@H](C)C[C@H]1OC(=O)[C@@H]1C(c2ccc(F)c(Br)c2)=NC[C@@]1(c1cc(Cl)c(Cl)c(Cl)c1)C(F)(F)F.CC(C)[C@@H]1CC[C@@H](C)C[C@H]1OC(=O)[C@H]1C(c2ccc(F)c(Br)c2)=NC[C@]1(c1cc(Cl)c(Cl)c(Cl)c1)C(F)(F)F.Fc1ccc(C2=NC[C@@](c3cc(Cl)c(Cl)c(Cl)c3)(C(F)(F)F)C2)cc1Br.Fc1ccc(C2=NC[C@](c3cc(Cl)c(Cl)c(Cl)c3)(C(F)(F)F)C2)cc1Br. The number of ether oxygens (including phenoxy) is 2. The van der Waals surface area contributed by atoms with Crippen LogP contribution in [0.25, 0.3) is 0 Å². The summed E-state index contributed by atoms with van der Waals surface area (Å²) < 4.78 is 243. The quantitative estimate of drug-likeness (QED) is 0.0615. The van der Waals surface area contributed by atoms with Gasteiger partial charge in [-0.15, -0.1) is 0 Å². The van der Waals surface area contributed by atoms with E-state index in [1.54, 1.807) is 0 Å². The molecule has 4 heterocycles. The molecule has 700 valence electrons. The van der Waals surface area contributed by atoms with Crippen molar-refractivity contribution in [2.75, 3.05) is 26.2 Å². The second-order valence-corrected chi connectivity index (χ2v) is 41.6. The fourth-order valence-electron chi connectivity index (χ4n) is 17.4. The molecule has 0 aromatic heterocycles. The van der Waals surface area contributed by atoms with Gasteiger partial charge in [0, 0.05) is 24.3 Å². The number of aliphatic imine (C=N–C) groups is 4. The monoisotopic (exact) mass is 2310 g/mol. The van der Waals surface area contributed by atoms with Gasteiger partial charge in [-0.05, 0) is 266 Å². The van der Waals surface area contributed by atoms with E-state index in [2.05, 4.69) is 83.7 Å². The first-order chi connectivity index (χ1) is 60.4. The third kappa shape index (κ3) is 21.9. The van der Waals surface area contributed by atoms with E-state index >= 15 is 26.3 Å². The summed E-state index contributed by atoms with van der Waals surface area (Å²) in [6, 6.07) is 24.3. The van der Waals surface area contributed by atoms with Crippen molar-refractivity contribution in [1.29, 1.82) is 0 Å². The van der Waals surface area contributed by atoms with Crippen molar-refractivity contribution in [3.8, 4) is 0 Å². The first-order valence-electron chi connectivity index (χ1n) is 39.7. The molecule has 6 aliphatic rings. The van der Waals surface area contributed by atoms with Crippen molar-refractivity contribution in [2.24, 2.45) is 67.3 Å². The lowest BCUT2D eigenvalue weighted by Crippen LogP contribution is -2.54. The minimum absolute atomic E-state index is 0.00369. The molecule has 8 aromatic carbocycles. The molecule has 2 fully saturated rings. The van der Waals surface area contributed by atoms with Crippen molar-refractivity contribution >= 4 is 238 Å². The molecule has 40 heteroatoms. The van der Waals surface area contributed by atoms with Gasteiger partial charge >= 0.3 is 36.6 Å². The van der Waals surface area contributed by atoms with E-state index < -0.39 is 145 Å². The summed E-state index contributed by atoms with van der Waals surface area (Å²) in [5.74, 6) is -7.25. The predicted octanol–water partition coefficient (Wildman–Crippen LogP) is 33.4. The zero-order valence-corrected chi connectivity index (χ0v) is 83.7. The molecule has 12 atom stereocenters. The van der Waals surface area contributed by atoms with Crippen LogP contribution in [0.4, 0.5) is 70.2 Å². The number of esters is 2. The average molecular weight is 2320 g/mol. The number of halogens is 32. The molecule has 0 amide bonds. The van der Waals surface area contributed by atoms with Crippen LogP contribution < -0.4 is 0 Å². The Bertz CT molecular complexity index is 5370. The van der Waals surface area contributed by atoms with Crippen molar-refractivity contribution in [2.45, 2.75) is 151 Å². The van der Waals surface area contributed by atoms with Crippen LogP contribution in [0.3, 0.4) is 0 Å². The maximum Gasteiger partial charge on any atom is 0.401 e. The summed E-state index contributed by atoms with van der Waals surface area (Å²) in [4.78, 5) is 44.7. The van der Waals surface area contributed by atoms with E-state index in [1.165, 1.54) is 84.9 Å². The van der Waals surface area contributed by atoms with Crippen LogP contribution in [0.2, 0.25) is 60.3 Å². The Kier molecular flexibility index (Phi) is 34.1. The lowest BCUT2D eigenvalue weighted by atomic mass is 9.68. The highest BCUT2D eigenvalue weighted by Gasteiger charge is 2.70. The van der Waals surface area contributed by atoms with Crippen LogP contribution in [0, 0.1) is 70.6 Å². The maximum atomic E-state index is 15.3. The molecule has 14 rings (SSSR count). The summed E-state index contributed by atoms with van der Waals surface area (Å²) in [6.07, 6.45) is -16.5. The summed E-state index contributed by atoms with van der Waals surface area (Å²) in [5, 5.41) is -1.19. The molecular weight excluding hydrogens is 2250 g/mol. The van der Waals surface area contributed by atoms with Crippen LogP contribution in [0.5, 0.6) is 0 Å². The summed E-state index contributed by atoms with van der Waals surface area (Å²) >= 11 is 84.5. The Balaban J connectivity index is 0.000000171. The zero-order valence-electron chi connectivity index (χ0n) is 68.3. The van der Waals surface area contributed by atoms with Crippen LogP contribution in [0.15, 0.2) is 159 Å². The van der Waals surface area contributed by atoms with E-state index in [0.29, 0.717) is 24.0 Å². The molecule has 0 radical (unpaired) electrons. The van der Waals surface area contributed by atoms with Crippen LogP contribution in [-0.2, 0) is 40.7 Å². The molecule has 4 aliphatic heterocycles. The molecule has 0 bridgehead atoms. The molecule has 0 unspecified atom stereocenters. The van der Waals surface area contributed by atoms with Gasteiger partial charge in [0.1, 0.15) is 69.0 Å². The Morgan fingerprint density at radius 1 is 0.362 bits per heavy atom. The number of rotatable bonds is 14. The van der Waals surface area contributed by atoms with Crippen molar-refractivity contribution in [1.82, 2.24) is 0 Å². The molecular formula is C90H72Br4Cl12F16N4O4. The highest BCUT2D eigenvalue weighted by atomic mass is 79.9. The van der Waals surface area contributed by atoms with E-state index in [1.807, 2.05) is 41.5 Å². The first-order valence-corrected chi connectivity index (χ1v) is 47.4. The Labute approximate surface area is 831 Å². The fraction of sp³-hybridized carbons (Fsp3) is 0.400. The molecule has 130 heavy (non-hydrogen) atoms. The van der Waals surface area contributed by atoms with Crippen LogP contribution in [0.1, 0.15) is 137 Å². The number of carbonyl (C=O) groups is 2.